The maximum atomic E-state index is 12.5. The third kappa shape index (κ3) is 61.8. The van der Waals surface area contributed by atoms with Crippen LogP contribution in [0.1, 0.15) is 399 Å². The SMILES string of the molecule is CCCCCCCCCCCCCCCCCCCCC(=O)OCCCCCCCCCCCCCC/C=C\CCCCCCCCCCC(=O)NC(CO)C(O)CCCCCCCCCCCCCCCCCCC. The van der Waals surface area contributed by atoms with Gasteiger partial charge in [0, 0.05) is 12.8 Å². The molecule has 0 saturated heterocycles. The summed E-state index contributed by atoms with van der Waals surface area (Å²) in [5, 5.41) is 23.4. The topological polar surface area (TPSA) is 95.9 Å². The molecule has 0 aliphatic heterocycles. The van der Waals surface area contributed by atoms with Crippen LogP contribution in [0, 0.1) is 0 Å². The molecule has 0 aromatic rings. The normalized spacial score (nSPS) is 12.5. The highest BCUT2D eigenvalue weighted by Gasteiger charge is 2.20. The quantitative estimate of drug-likeness (QED) is 0.0320. The predicted molar refractivity (Wildman–Crippen MR) is 333 cm³/mol. The number of hydrogen-bond donors (Lipinski definition) is 3. The van der Waals surface area contributed by atoms with E-state index >= 15 is 0 Å². The third-order valence-electron chi connectivity index (χ3n) is 16.6. The Labute approximate surface area is 476 Å². The van der Waals surface area contributed by atoms with Gasteiger partial charge in [-0.15, -0.1) is 0 Å². The van der Waals surface area contributed by atoms with Gasteiger partial charge in [-0.25, -0.2) is 0 Å². The van der Waals surface area contributed by atoms with Crippen LogP contribution in [0.15, 0.2) is 12.2 Å². The summed E-state index contributed by atoms with van der Waals surface area (Å²) in [5.41, 5.74) is 0. The summed E-state index contributed by atoms with van der Waals surface area (Å²) in [4.78, 5) is 24.6. The summed E-state index contributed by atoms with van der Waals surface area (Å²) >= 11 is 0. The third-order valence-corrected chi connectivity index (χ3v) is 16.6. The number of rotatable bonds is 66. The molecule has 1 amide bonds. The highest BCUT2D eigenvalue weighted by molar-refractivity contribution is 5.76. The minimum Gasteiger partial charge on any atom is -0.466 e. The molecule has 6 nitrogen and oxygen atoms in total. The molecule has 452 valence electrons. The Hall–Kier alpha value is -1.40. The average Bonchev–Trinajstić information content (AvgIpc) is 3.42. The molecule has 0 heterocycles. The number of aliphatic hydroxyl groups is 2. The number of nitrogens with one attached hydrogen (secondary N) is 1. The van der Waals surface area contributed by atoms with E-state index in [1.54, 1.807) is 0 Å². The fraction of sp³-hybridized carbons (Fsp3) is 0.943. The van der Waals surface area contributed by atoms with Crippen LogP contribution in [0.2, 0.25) is 0 Å². The molecular weight excluding hydrogens is 935 g/mol. The van der Waals surface area contributed by atoms with Crippen molar-refractivity contribution < 1.29 is 24.5 Å². The molecule has 2 unspecified atom stereocenters. The first-order valence-corrected chi connectivity index (χ1v) is 34.9. The zero-order valence-electron chi connectivity index (χ0n) is 51.8. The van der Waals surface area contributed by atoms with E-state index < -0.39 is 12.1 Å². The number of unbranched alkanes of at least 4 members (excludes halogenated alkanes) is 53. The number of esters is 1. The smallest absolute Gasteiger partial charge is 0.305 e. The molecule has 2 atom stereocenters. The lowest BCUT2D eigenvalue weighted by Crippen LogP contribution is -2.45. The van der Waals surface area contributed by atoms with Gasteiger partial charge in [0.15, 0.2) is 0 Å². The minimum absolute atomic E-state index is 0.0180. The zero-order chi connectivity index (χ0) is 55.0. The van der Waals surface area contributed by atoms with E-state index in [-0.39, 0.29) is 18.5 Å². The van der Waals surface area contributed by atoms with Crippen molar-refractivity contribution in [1.82, 2.24) is 5.32 Å². The molecule has 3 N–H and O–H groups in total. The van der Waals surface area contributed by atoms with Gasteiger partial charge in [-0.2, -0.15) is 0 Å². The lowest BCUT2D eigenvalue weighted by atomic mass is 10.0. The molecule has 0 bridgehead atoms. The van der Waals surface area contributed by atoms with E-state index in [0.717, 1.165) is 38.5 Å². The molecule has 76 heavy (non-hydrogen) atoms. The minimum atomic E-state index is -0.667. The van der Waals surface area contributed by atoms with Crippen LogP contribution >= 0.6 is 0 Å². The van der Waals surface area contributed by atoms with E-state index in [2.05, 4.69) is 31.3 Å². The second kappa shape index (κ2) is 66.1. The number of allylic oxidation sites excluding steroid dienone is 2. The Bertz CT molecular complexity index is 1140. The van der Waals surface area contributed by atoms with Crippen LogP contribution in [-0.4, -0.2) is 47.4 Å². The average molecular weight is 1070 g/mol. The Morgan fingerprint density at radius 2 is 0.618 bits per heavy atom. The standard InChI is InChI=1S/C70H137NO5/c1-3-5-7-9-11-13-15-17-19-21-32-36-40-44-48-52-56-60-64-70(75)76-65-61-57-53-49-45-41-37-33-29-27-25-23-22-24-26-28-31-35-39-43-47-51-55-59-63-69(74)71-67(66-72)68(73)62-58-54-50-46-42-38-34-30-20-18-16-14-12-10-8-6-4-2/h24,26,67-68,72-73H,3-23,25,27-66H2,1-2H3,(H,71,74)/b26-24-. The Kier molecular flexibility index (Phi) is 64.9. The maximum absolute atomic E-state index is 12.5. The number of hydrogen-bond acceptors (Lipinski definition) is 5. The van der Waals surface area contributed by atoms with Crippen molar-refractivity contribution in [2.75, 3.05) is 13.2 Å². The molecule has 0 rings (SSSR count). The van der Waals surface area contributed by atoms with Crippen LogP contribution in [0.25, 0.3) is 0 Å². The van der Waals surface area contributed by atoms with Gasteiger partial charge in [0.25, 0.3) is 0 Å². The van der Waals surface area contributed by atoms with E-state index in [1.807, 2.05) is 0 Å². The number of carbonyl (C=O) groups is 2. The molecule has 0 saturated carbocycles. The number of amides is 1. The summed E-state index contributed by atoms with van der Waals surface area (Å²) in [6.07, 6.45) is 81.1. The van der Waals surface area contributed by atoms with Crippen molar-refractivity contribution in [3.05, 3.63) is 12.2 Å². The van der Waals surface area contributed by atoms with Gasteiger partial charge >= 0.3 is 5.97 Å². The number of aliphatic hydroxyl groups excluding tert-OH is 2. The molecule has 0 aromatic heterocycles. The molecule has 0 radical (unpaired) electrons. The largest absolute Gasteiger partial charge is 0.466 e. The van der Waals surface area contributed by atoms with Gasteiger partial charge in [-0.05, 0) is 51.4 Å². The van der Waals surface area contributed by atoms with Gasteiger partial charge < -0.3 is 20.3 Å². The first kappa shape index (κ1) is 74.6. The van der Waals surface area contributed by atoms with Gasteiger partial charge in [0.1, 0.15) is 0 Å². The maximum Gasteiger partial charge on any atom is 0.305 e. The van der Waals surface area contributed by atoms with E-state index in [9.17, 15) is 19.8 Å². The van der Waals surface area contributed by atoms with E-state index in [0.29, 0.717) is 25.9 Å². The molecule has 0 fully saturated rings. The summed E-state index contributed by atoms with van der Waals surface area (Å²) in [6.45, 7) is 5.00. The predicted octanol–water partition coefficient (Wildman–Crippen LogP) is 22.4. The van der Waals surface area contributed by atoms with Gasteiger partial charge in [0.2, 0.25) is 5.91 Å². The highest BCUT2D eigenvalue weighted by Crippen LogP contribution is 2.19. The molecule has 6 heteroatoms. The van der Waals surface area contributed by atoms with E-state index in [4.69, 9.17) is 4.74 Å². The van der Waals surface area contributed by atoms with Crippen molar-refractivity contribution in [2.24, 2.45) is 0 Å². The Morgan fingerprint density at radius 3 is 0.934 bits per heavy atom. The molecule has 0 aromatic carbocycles. The zero-order valence-corrected chi connectivity index (χ0v) is 51.8. The second-order valence-corrected chi connectivity index (χ2v) is 24.2. The molecule has 0 aliphatic rings. The Balaban J connectivity index is 3.37. The summed E-state index contributed by atoms with van der Waals surface area (Å²) in [6, 6.07) is -0.544. The van der Waals surface area contributed by atoms with Gasteiger partial charge in [-0.1, -0.05) is 347 Å². The summed E-state index contributed by atoms with van der Waals surface area (Å²) < 4.78 is 5.51. The van der Waals surface area contributed by atoms with Gasteiger partial charge in [-0.3, -0.25) is 9.59 Å². The molecule has 0 spiro atoms. The van der Waals surface area contributed by atoms with Crippen molar-refractivity contribution >= 4 is 11.9 Å². The fourth-order valence-corrected chi connectivity index (χ4v) is 11.2. The van der Waals surface area contributed by atoms with Crippen molar-refractivity contribution in [3.63, 3.8) is 0 Å². The first-order valence-electron chi connectivity index (χ1n) is 34.9. The Morgan fingerprint density at radius 1 is 0.355 bits per heavy atom. The monoisotopic (exact) mass is 1070 g/mol. The summed E-state index contributed by atoms with van der Waals surface area (Å²) in [7, 11) is 0. The molecule has 0 aliphatic carbocycles. The van der Waals surface area contributed by atoms with E-state index in [1.165, 1.54) is 327 Å². The van der Waals surface area contributed by atoms with Crippen molar-refractivity contribution in [3.8, 4) is 0 Å². The van der Waals surface area contributed by atoms with Crippen LogP contribution in [0.3, 0.4) is 0 Å². The molecular formula is C70H137NO5. The van der Waals surface area contributed by atoms with Crippen LogP contribution in [-0.2, 0) is 14.3 Å². The van der Waals surface area contributed by atoms with Crippen LogP contribution in [0.4, 0.5) is 0 Å². The second-order valence-electron chi connectivity index (χ2n) is 24.2. The lowest BCUT2D eigenvalue weighted by Gasteiger charge is -2.22. The van der Waals surface area contributed by atoms with Crippen LogP contribution in [0.5, 0.6) is 0 Å². The van der Waals surface area contributed by atoms with Crippen molar-refractivity contribution in [1.29, 1.82) is 0 Å². The number of ether oxygens (including phenoxy) is 1. The highest BCUT2D eigenvalue weighted by atomic mass is 16.5. The fourth-order valence-electron chi connectivity index (χ4n) is 11.2. The van der Waals surface area contributed by atoms with Gasteiger partial charge in [0.05, 0.1) is 25.4 Å². The number of carbonyl (C=O) groups excluding carboxylic acids is 2. The van der Waals surface area contributed by atoms with Crippen LogP contribution < -0.4 is 5.32 Å². The summed E-state index contributed by atoms with van der Waals surface area (Å²) in [5.74, 6) is -0.0177. The lowest BCUT2D eigenvalue weighted by molar-refractivity contribution is -0.143. The van der Waals surface area contributed by atoms with Crippen molar-refractivity contribution in [2.45, 2.75) is 411 Å². The first-order chi connectivity index (χ1) is 37.5.